The Bertz CT molecular complexity index is 461. The van der Waals surface area contributed by atoms with E-state index in [0.29, 0.717) is 5.92 Å². The van der Waals surface area contributed by atoms with Crippen LogP contribution < -0.4 is 0 Å². The Balaban J connectivity index is 2.35. The van der Waals surface area contributed by atoms with Gasteiger partial charge in [0.25, 0.3) is 0 Å². The molecule has 0 aromatic heterocycles. The van der Waals surface area contributed by atoms with E-state index in [1.165, 1.54) is 16.7 Å². The fourth-order valence-corrected chi connectivity index (χ4v) is 2.29. The molecule has 0 unspecified atom stereocenters. The van der Waals surface area contributed by atoms with Crippen LogP contribution in [-0.4, -0.2) is 0 Å². The van der Waals surface area contributed by atoms with Gasteiger partial charge in [0.1, 0.15) is 0 Å². The fourth-order valence-electron chi connectivity index (χ4n) is 2.29. The van der Waals surface area contributed by atoms with Crippen LogP contribution in [0.2, 0.25) is 0 Å². The molecule has 1 aliphatic carbocycles. The molecule has 0 saturated carbocycles. The molecular formula is C17H20. The predicted octanol–water partition coefficient (Wildman–Crippen LogP) is 4.92. The SMILES string of the molecule is Cc1ccccc1/C1=C/C=C\C=C/C[C@H](C)C1. The first-order valence-electron chi connectivity index (χ1n) is 6.36. The van der Waals surface area contributed by atoms with Gasteiger partial charge in [0.05, 0.1) is 0 Å². The minimum absolute atomic E-state index is 0.706. The Hall–Kier alpha value is -1.56. The summed E-state index contributed by atoms with van der Waals surface area (Å²) >= 11 is 0. The Morgan fingerprint density at radius 3 is 2.71 bits per heavy atom. The van der Waals surface area contributed by atoms with Crippen LogP contribution in [0.1, 0.15) is 30.9 Å². The molecule has 17 heavy (non-hydrogen) atoms. The zero-order valence-electron chi connectivity index (χ0n) is 10.7. The second-order valence-electron chi connectivity index (χ2n) is 4.86. The smallest absolute Gasteiger partial charge is 0.0195 e. The highest BCUT2D eigenvalue weighted by molar-refractivity contribution is 5.69. The average molecular weight is 224 g/mol. The second-order valence-corrected chi connectivity index (χ2v) is 4.86. The number of aryl methyl sites for hydroxylation is 1. The molecule has 0 spiro atoms. The van der Waals surface area contributed by atoms with Gasteiger partial charge in [0, 0.05) is 0 Å². The second kappa shape index (κ2) is 5.67. The zero-order chi connectivity index (χ0) is 12.1. The topological polar surface area (TPSA) is 0 Å². The van der Waals surface area contributed by atoms with Crippen molar-refractivity contribution in [2.45, 2.75) is 26.7 Å². The maximum absolute atomic E-state index is 2.32. The van der Waals surface area contributed by atoms with Crippen LogP contribution >= 0.6 is 0 Å². The van der Waals surface area contributed by atoms with Gasteiger partial charge in [-0.2, -0.15) is 0 Å². The molecule has 1 aromatic rings. The molecule has 0 aliphatic heterocycles. The van der Waals surface area contributed by atoms with Crippen molar-refractivity contribution in [1.82, 2.24) is 0 Å². The van der Waals surface area contributed by atoms with Gasteiger partial charge >= 0.3 is 0 Å². The van der Waals surface area contributed by atoms with Crippen LogP contribution in [-0.2, 0) is 0 Å². The van der Waals surface area contributed by atoms with Crippen molar-refractivity contribution in [3.05, 3.63) is 65.8 Å². The maximum atomic E-state index is 2.32. The molecule has 0 N–H and O–H groups in total. The minimum Gasteiger partial charge on any atom is -0.0843 e. The van der Waals surface area contributed by atoms with Crippen LogP contribution in [0, 0.1) is 12.8 Å². The largest absolute Gasteiger partial charge is 0.0843 e. The Morgan fingerprint density at radius 2 is 1.88 bits per heavy atom. The highest BCUT2D eigenvalue weighted by Gasteiger charge is 2.08. The van der Waals surface area contributed by atoms with Gasteiger partial charge in [0.2, 0.25) is 0 Å². The number of hydrogen-bond acceptors (Lipinski definition) is 0. The van der Waals surface area contributed by atoms with Gasteiger partial charge in [-0.3, -0.25) is 0 Å². The molecule has 0 fully saturated rings. The number of rotatable bonds is 1. The molecule has 0 heteroatoms. The van der Waals surface area contributed by atoms with E-state index in [0.717, 1.165) is 12.8 Å². The Morgan fingerprint density at radius 1 is 1.06 bits per heavy atom. The molecule has 2 rings (SSSR count). The van der Waals surface area contributed by atoms with Gasteiger partial charge in [-0.25, -0.2) is 0 Å². The first-order valence-corrected chi connectivity index (χ1v) is 6.36. The zero-order valence-corrected chi connectivity index (χ0v) is 10.7. The highest BCUT2D eigenvalue weighted by atomic mass is 14.1. The van der Waals surface area contributed by atoms with E-state index in [1.807, 2.05) is 0 Å². The van der Waals surface area contributed by atoms with Gasteiger partial charge in [-0.05, 0) is 42.4 Å². The standard InChI is InChI=1S/C17H20/c1-14-9-5-3-4-6-11-16(13-14)17-12-8-7-10-15(17)2/h3-8,10-12,14H,9,13H2,1-2H3/b5-3-,6-4-,16-11+/t14-/m0/s1. The van der Waals surface area contributed by atoms with E-state index >= 15 is 0 Å². The van der Waals surface area contributed by atoms with Gasteiger partial charge in [-0.1, -0.05) is 61.6 Å². The number of benzene rings is 1. The van der Waals surface area contributed by atoms with Crippen molar-refractivity contribution >= 4 is 5.57 Å². The van der Waals surface area contributed by atoms with Crippen LogP contribution in [0.4, 0.5) is 0 Å². The van der Waals surface area contributed by atoms with E-state index in [4.69, 9.17) is 0 Å². The third kappa shape index (κ3) is 3.20. The molecule has 0 saturated heterocycles. The summed E-state index contributed by atoms with van der Waals surface area (Å²) in [5.74, 6) is 0.706. The number of hydrogen-bond donors (Lipinski definition) is 0. The summed E-state index contributed by atoms with van der Waals surface area (Å²) in [6, 6.07) is 8.65. The van der Waals surface area contributed by atoms with Crippen LogP contribution in [0.5, 0.6) is 0 Å². The summed E-state index contributed by atoms with van der Waals surface area (Å²) in [5, 5.41) is 0. The summed E-state index contributed by atoms with van der Waals surface area (Å²) in [6.45, 7) is 4.51. The Labute approximate surface area is 104 Å². The molecule has 0 bridgehead atoms. The van der Waals surface area contributed by atoms with Crippen molar-refractivity contribution in [2.75, 3.05) is 0 Å². The van der Waals surface area contributed by atoms with Crippen molar-refractivity contribution in [3.8, 4) is 0 Å². The van der Waals surface area contributed by atoms with Crippen molar-refractivity contribution in [3.63, 3.8) is 0 Å². The van der Waals surface area contributed by atoms with Crippen LogP contribution in [0.15, 0.2) is 54.6 Å². The van der Waals surface area contributed by atoms with Crippen LogP contribution in [0.3, 0.4) is 0 Å². The minimum atomic E-state index is 0.706. The fraction of sp³-hybridized carbons (Fsp3) is 0.294. The molecule has 1 aromatic carbocycles. The molecule has 0 nitrogen and oxygen atoms in total. The summed E-state index contributed by atoms with van der Waals surface area (Å²) < 4.78 is 0. The molecule has 1 atom stereocenters. The third-order valence-corrected chi connectivity index (χ3v) is 3.25. The monoisotopic (exact) mass is 224 g/mol. The molecule has 1 aliphatic rings. The maximum Gasteiger partial charge on any atom is -0.0195 e. The van der Waals surface area contributed by atoms with Crippen molar-refractivity contribution in [2.24, 2.45) is 5.92 Å². The van der Waals surface area contributed by atoms with Gasteiger partial charge < -0.3 is 0 Å². The van der Waals surface area contributed by atoms with E-state index < -0.39 is 0 Å². The summed E-state index contributed by atoms with van der Waals surface area (Å²) in [4.78, 5) is 0. The number of allylic oxidation sites excluding steroid dienone is 6. The lowest BCUT2D eigenvalue weighted by Crippen LogP contribution is -1.97. The van der Waals surface area contributed by atoms with Gasteiger partial charge in [0.15, 0.2) is 0 Å². The third-order valence-electron chi connectivity index (χ3n) is 3.25. The van der Waals surface area contributed by atoms with E-state index in [1.54, 1.807) is 0 Å². The van der Waals surface area contributed by atoms with Crippen molar-refractivity contribution in [1.29, 1.82) is 0 Å². The normalized spacial score (nSPS) is 27.2. The first-order chi connectivity index (χ1) is 8.27. The van der Waals surface area contributed by atoms with Gasteiger partial charge in [-0.15, -0.1) is 0 Å². The summed E-state index contributed by atoms with van der Waals surface area (Å²) in [6.07, 6.45) is 13.2. The van der Waals surface area contributed by atoms with E-state index in [2.05, 4.69) is 68.5 Å². The molecule has 0 radical (unpaired) electrons. The van der Waals surface area contributed by atoms with Crippen molar-refractivity contribution < 1.29 is 0 Å². The Kier molecular flexibility index (Phi) is 3.98. The lowest BCUT2D eigenvalue weighted by Gasteiger charge is -2.14. The lowest BCUT2D eigenvalue weighted by molar-refractivity contribution is 0.611. The quantitative estimate of drug-likeness (QED) is 0.635. The first kappa shape index (κ1) is 11.9. The molecular weight excluding hydrogens is 204 g/mol. The van der Waals surface area contributed by atoms with E-state index in [-0.39, 0.29) is 0 Å². The summed E-state index contributed by atoms with van der Waals surface area (Å²) in [7, 11) is 0. The predicted molar refractivity (Wildman–Crippen MR) is 75.8 cm³/mol. The molecule has 88 valence electrons. The highest BCUT2D eigenvalue weighted by Crippen LogP contribution is 2.27. The summed E-state index contributed by atoms with van der Waals surface area (Å²) in [5.41, 5.74) is 4.22. The lowest BCUT2D eigenvalue weighted by atomic mass is 9.91. The molecule has 0 amide bonds. The average Bonchev–Trinajstić information content (AvgIpc) is 2.42. The molecule has 0 heterocycles. The van der Waals surface area contributed by atoms with E-state index in [9.17, 15) is 0 Å². The van der Waals surface area contributed by atoms with Crippen LogP contribution in [0.25, 0.3) is 5.57 Å².